The molecule has 1 heterocycles. The van der Waals surface area contributed by atoms with Gasteiger partial charge in [-0.3, -0.25) is 9.98 Å². The molecule has 1 aliphatic heterocycles. The van der Waals surface area contributed by atoms with Gasteiger partial charge in [0.15, 0.2) is 0 Å². The van der Waals surface area contributed by atoms with Crippen molar-refractivity contribution in [1.29, 1.82) is 0 Å². The Hall–Kier alpha value is -0.660. The first-order chi connectivity index (χ1) is 6.62. The minimum Gasteiger partial charge on any atom is -0.279 e. The van der Waals surface area contributed by atoms with Gasteiger partial charge in [0, 0.05) is 11.4 Å². The molecular formula is C12H18N2. The zero-order valence-corrected chi connectivity index (χ0v) is 9.14. The predicted molar refractivity (Wildman–Crippen MR) is 59.4 cm³/mol. The van der Waals surface area contributed by atoms with Crippen LogP contribution in [0.2, 0.25) is 0 Å². The molecule has 3 rings (SSSR count). The zero-order chi connectivity index (χ0) is 9.81. The van der Waals surface area contributed by atoms with Crippen molar-refractivity contribution in [2.45, 2.75) is 63.5 Å². The summed E-state index contributed by atoms with van der Waals surface area (Å²) < 4.78 is 0. The van der Waals surface area contributed by atoms with E-state index in [1.165, 1.54) is 49.9 Å². The summed E-state index contributed by atoms with van der Waals surface area (Å²) in [5, 5.41) is 0. The Morgan fingerprint density at radius 2 is 1.29 bits per heavy atom. The summed E-state index contributed by atoms with van der Waals surface area (Å²) >= 11 is 0. The minimum absolute atomic E-state index is 0.0964. The smallest absolute Gasteiger partial charge is 0.0955 e. The molecule has 0 spiro atoms. The van der Waals surface area contributed by atoms with Crippen LogP contribution in [0.5, 0.6) is 0 Å². The zero-order valence-electron chi connectivity index (χ0n) is 9.14. The van der Waals surface area contributed by atoms with Crippen molar-refractivity contribution in [2.75, 3.05) is 0 Å². The van der Waals surface area contributed by atoms with Crippen LogP contribution in [0.25, 0.3) is 0 Å². The van der Waals surface area contributed by atoms with Gasteiger partial charge in [0.1, 0.15) is 0 Å². The monoisotopic (exact) mass is 190 g/mol. The predicted octanol–water partition coefficient (Wildman–Crippen LogP) is 2.77. The van der Waals surface area contributed by atoms with Gasteiger partial charge in [0.05, 0.1) is 11.1 Å². The summed E-state index contributed by atoms with van der Waals surface area (Å²) in [7, 11) is 0. The van der Waals surface area contributed by atoms with Gasteiger partial charge in [-0.1, -0.05) is 0 Å². The molecule has 2 nitrogen and oxygen atoms in total. The second-order valence-electron chi connectivity index (χ2n) is 5.37. The molecule has 2 fully saturated rings. The third-order valence-corrected chi connectivity index (χ3v) is 4.16. The van der Waals surface area contributed by atoms with E-state index in [0.29, 0.717) is 0 Å². The van der Waals surface area contributed by atoms with Gasteiger partial charge in [0.2, 0.25) is 0 Å². The lowest BCUT2D eigenvalue weighted by atomic mass is 9.90. The van der Waals surface area contributed by atoms with E-state index in [4.69, 9.17) is 9.98 Å². The molecule has 0 aromatic rings. The van der Waals surface area contributed by atoms with Crippen molar-refractivity contribution in [3.8, 4) is 0 Å². The highest BCUT2D eigenvalue weighted by atomic mass is 15.1. The molecule has 3 aliphatic rings. The molecule has 0 radical (unpaired) electrons. The van der Waals surface area contributed by atoms with Crippen LogP contribution < -0.4 is 0 Å². The first-order valence-corrected chi connectivity index (χ1v) is 5.81. The summed E-state index contributed by atoms with van der Waals surface area (Å²) in [5.74, 6) is 0. The van der Waals surface area contributed by atoms with Crippen LogP contribution in [0.3, 0.4) is 0 Å². The van der Waals surface area contributed by atoms with Crippen LogP contribution >= 0.6 is 0 Å². The lowest BCUT2D eigenvalue weighted by Crippen LogP contribution is -2.41. The van der Waals surface area contributed by atoms with Gasteiger partial charge in [-0.25, -0.2) is 0 Å². The Labute approximate surface area is 85.5 Å². The summed E-state index contributed by atoms with van der Waals surface area (Å²) in [6.45, 7) is 4.54. The van der Waals surface area contributed by atoms with Gasteiger partial charge >= 0.3 is 0 Å². The molecule has 0 aromatic carbocycles. The number of rotatable bonds is 0. The quantitative estimate of drug-likeness (QED) is 0.561. The Morgan fingerprint density at radius 1 is 0.857 bits per heavy atom. The maximum atomic E-state index is 5.00. The van der Waals surface area contributed by atoms with E-state index < -0.39 is 0 Å². The van der Waals surface area contributed by atoms with Crippen LogP contribution in [0.15, 0.2) is 9.98 Å². The number of hydrogen-bond acceptors (Lipinski definition) is 2. The van der Waals surface area contributed by atoms with Gasteiger partial charge in [0.25, 0.3) is 0 Å². The Bertz CT molecular complexity index is 308. The molecule has 14 heavy (non-hydrogen) atoms. The first-order valence-electron chi connectivity index (χ1n) is 5.81. The summed E-state index contributed by atoms with van der Waals surface area (Å²) in [4.78, 5) is 9.99. The minimum atomic E-state index is 0.0964. The highest BCUT2D eigenvalue weighted by molar-refractivity contribution is 6.06. The van der Waals surface area contributed by atoms with Crippen molar-refractivity contribution < 1.29 is 0 Å². The standard InChI is InChI=1S/C12H18N2/c1-11-7-3-5-9(11)14-12(2)8-4-6-10(12)13-11/h3-8H2,1-2H3. The molecule has 2 heteroatoms. The van der Waals surface area contributed by atoms with Crippen molar-refractivity contribution in [3.05, 3.63) is 0 Å². The average molecular weight is 190 g/mol. The lowest BCUT2D eigenvalue weighted by molar-refractivity contribution is 0.547. The van der Waals surface area contributed by atoms with E-state index in [1.54, 1.807) is 0 Å². The van der Waals surface area contributed by atoms with Crippen LogP contribution in [0, 0.1) is 0 Å². The fraction of sp³-hybridized carbons (Fsp3) is 0.833. The largest absolute Gasteiger partial charge is 0.279 e. The topological polar surface area (TPSA) is 24.7 Å². The molecule has 0 N–H and O–H groups in total. The highest BCUT2D eigenvalue weighted by Crippen LogP contribution is 2.42. The van der Waals surface area contributed by atoms with Crippen molar-refractivity contribution in [3.63, 3.8) is 0 Å². The fourth-order valence-electron chi connectivity index (χ4n) is 3.22. The van der Waals surface area contributed by atoms with Crippen LogP contribution in [-0.4, -0.2) is 22.5 Å². The fourth-order valence-corrected chi connectivity index (χ4v) is 3.22. The maximum absolute atomic E-state index is 5.00. The molecule has 76 valence electrons. The van der Waals surface area contributed by atoms with Crippen molar-refractivity contribution in [1.82, 2.24) is 0 Å². The summed E-state index contributed by atoms with van der Waals surface area (Å²) in [5.41, 5.74) is 2.95. The Morgan fingerprint density at radius 3 is 1.71 bits per heavy atom. The molecule has 2 unspecified atom stereocenters. The van der Waals surface area contributed by atoms with Crippen molar-refractivity contribution in [2.24, 2.45) is 9.98 Å². The van der Waals surface area contributed by atoms with E-state index in [9.17, 15) is 0 Å². The van der Waals surface area contributed by atoms with E-state index in [0.717, 1.165) is 0 Å². The Kier molecular flexibility index (Phi) is 1.52. The van der Waals surface area contributed by atoms with Gasteiger partial charge in [-0.2, -0.15) is 0 Å². The third-order valence-electron chi connectivity index (χ3n) is 4.16. The maximum Gasteiger partial charge on any atom is 0.0955 e. The highest BCUT2D eigenvalue weighted by Gasteiger charge is 2.45. The summed E-state index contributed by atoms with van der Waals surface area (Å²) in [6.07, 6.45) is 7.35. The normalized spacial score (nSPS) is 45.6. The van der Waals surface area contributed by atoms with E-state index in [2.05, 4.69) is 13.8 Å². The third kappa shape index (κ3) is 0.971. The van der Waals surface area contributed by atoms with Crippen LogP contribution in [0.4, 0.5) is 0 Å². The molecule has 2 saturated carbocycles. The molecule has 2 atom stereocenters. The molecular weight excluding hydrogens is 172 g/mol. The average Bonchev–Trinajstić information content (AvgIpc) is 2.61. The molecule has 0 aromatic heterocycles. The molecule has 0 amide bonds. The molecule has 0 bridgehead atoms. The van der Waals surface area contributed by atoms with E-state index in [1.807, 2.05) is 0 Å². The number of aliphatic imine (C=N–C) groups is 2. The first kappa shape index (κ1) is 8.63. The van der Waals surface area contributed by atoms with Crippen LogP contribution in [-0.2, 0) is 0 Å². The molecule has 2 aliphatic carbocycles. The van der Waals surface area contributed by atoms with Crippen molar-refractivity contribution >= 4 is 11.4 Å². The van der Waals surface area contributed by atoms with Gasteiger partial charge in [-0.15, -0.1) is 0 Å². The number of hydrogen-bond donors (Lipinski definition) is 0. The van der Waals surface area contributed by atoms with E-state index >= 15 is 0 Å². The van der Waals surface area contributed by atoms with Crippen LogP contribution in [0.1, 0.15) is 52.4 Å². The SMILES string of the molecule is CC12CCCC1=NC1(C)CCCC1=N2. The number of nitrogens with zero attached hydrogens (tertiary/aromatic N) is 2. The van der Waals surface area contributed by atoms with Gasteiger partial charge < -0.3 is 0 Å². The molecule has 0 saturated heterocycles. The second kappa shape index (κ2) is 2.47. The van der Waals surface area contributed by atoms with Gasteiger partial charge in [-0.05, 0) is 52.4 Å². The second-order valence-corrected chi connectivity index (χ2v) is 5.37. The number of fused-ring (bicyclic) bond motifs is 2. The lowest BCUT2D eigenvalue weighted by Gasteiger charge is -2.33. The Balaban J connectivity index is 2.10. The van der Waals surface area contributed by atoms with E-state index in [-0.39, 0.29) is 11.1 Å². The summed E-state index contributed by atoms with van der Waals surface area (Å²) in [6, 6.07) is 0.